The van der Waals surface area contributed by atoms with Crippen molar-refractivity contribution in [1.29, 1.82) is 0 Å². The Morgan fingerprint density at radius 3 is 2.33 bits per heavy atom. The minimum Gasteiger partial charge on any atom is -0.289 e. The Labute approximate surface area is 84.3 Å². The quantitative estimate of drug-likeness (QED) is 0.763. The summed E-state index contributed by atoms with van der Waals surface area (Å²) in [5.41, 5.74) is 0. The van der Waals surface area contributed by atoms with Crippen molar-refractivity contribution in [3.63, 3.8) is 0 Å². The van der Waals surface area contributed by atoms with Gasteiger partial charge in [0.2, 0.25) is 0 Å². The van der Waals surface area contributed by atoms with E-state index in [0.717, 1.165) is 0 Å². The fourth-order valence-corrected chi connectivity index (χ4v) is 1.58. The van der Waals surface area contributed by atoms with E-state index in [2.05, 4.69) is 14.7 Å². The molecule has 6 heteroatoms. The highest BCUT2D eigenvalue weighted by Gasteiger charge is 2.41. The number of ether oxygens (including phenoxy) is 1. The molecule has 82 valence electrons. The minimum atomic E-state index is -4.53. The fourth-order valence-electron chi connectivity index (χ4n) is 1.58. The molecule has 1 aromatic rings. The fraction of sp³-hybridized carbons (Fsp3) is 0.556. The summed E-state index contributed by atoms with van der Waals surface area (Å²) in [7, 11) is 0. The van der Waals surface area contributed by atoms with E-state index < -0.39 is 12.5 Å². The van der Waals surface area contributed by atoms with Crippen LogP contribution in [-0.4, -0.2) is 22.4 Å². The topological polar surface area (TPSA) is 35.0 Å². The molecule has 0 spiro atoms. The molecule has 3 nitrogen and oxygen atoms in total. The standard InChI is InChI=1S/C9H9F3N2O/c10-9(11,12)15-7-4-6(5-7)8-13-2-1-3-14-8/h1-3,6-7H,4-5H2. The van der Waals surface area contributed by atoms with Crippen LogP contribution in [0.5, 0.6) is 0 Å². The predicted octanol–water partition coefficient (Wildman–Crippen LogP) is 2.26. The first-order chi connectivity index (χ1) is 7.04. The zero-order valence-corrected chi connectivity index (χ0v) is 7.74. The molecule has 0 amide bonds. The van der Waals surface area contributed by atoms with Crippen molar-refractivity contribution in [3.8, 4) is 0 Å². The van der Waals surface area contributed by atoms with Gasteiger partial charge in [0.25, 0.3) is 0 Å². The zero-order chi connectivity index (χ0) is 10.9. The van der Waals surface area contributed by atoms with Crippen LogP contribution in [0.25, 0.3) is 0 Å². The Morgan fingerprint density at radius 1 is 1.20 bits per heavy atom. The molecular formula is C9H9F3N2O. The average molecular weight is 218 g/mol. The van der Waals surface area contributed by atoms with E-state index >= 15 is 0 Å². The molecule has 0 radical (unpaired) electrons. The van der Waals surface area contributed by atoms with Crippen molar-refractivity contribution in [2.24, 2.45) is 0 Å². The van der Waals surface area contributed by atoms with Gasteiger partial charge < -0.3 is 0 Å². The molecule has 1 aliphatic rings. The van der Waals surface area contributed by atoms with Gasteiger partial charge in [-0.2, -0.15) is 0 Å². The second-order valence-electron chi connectivity index (χ2n) is 3.46. The van der Waals surface area contributed by atoms with Crippen LogP contribution in [0.4, 0.5) is 13.2 Å². The number of alkyl halides is 3. The lowest BCUT2D eigenvalue weighted by Gasteiger charge is -2.34. The summed E-state index contributed by atoms with van der Waals surface area (Å²) in [6.07, 6.45) is -1.43. The summed E-state index contributed by atoms with van der Waals surface area (Å²) in [6.45, 7) is 0. The van der Waals surface area contributed by atoms with Crippen LogP contribution in [0, 0.1) is 0 Å². The number of rotatable bonds is 2. The monoisotopic (exact) mass is 218 g/mol. The molecule has 1 heterocycles. The number of hydrogen-bond donors (Lipinski definition) is 0. The van der Waals surface area contributed by atoms with Gasteiger partial charge >= 0.3 is 6.36 Å². The van der Waals surface area contributed by atoms with Crippen LogP contribution in [0.3, 0.4) is 0 Å². The Morgan fingerprint density at radius 2 is 1.80 bits per heavy atom. The third-order valence-corrected chi connectivity index (χ3v) is 2.35. The van der Waals surface area contributed by atoms with E-state index in [1.54, 1.807) is 18.5 Å². The molecule has 0 aromatic carbocycles. The van der Waals surface area contributed by atoms with E-state index in [0.29, 0.717) is 18.7 Å². The molecule has 0 N–H and O–H groups in total. The van der Waals surface area contributed by atoms with E-state index in [1.807, 2.05) is 0 Å². The van der Waals surface area contributed by atoms with E-state index in [-0.39, 0.29) is 5.92 Å². The van der Waals surface area contributed by atoms with Crippen LogP contribution < -0.4 is 0 Å². The molecule has 0 aliphatic heterocycles. The molecular weight excluding hydrogens is 209 g/mol. The van der Waals surface area contributed by atoms with Crippen LogP contribution in [0.1, 0.15) is 24.6 Å². The van der Waals surface area contributed by atoms with Crippen LogP contribution in [0.2, 0.25) is 0 Å². The van der Waals surface area contributed by atoms with Gasteiger partial charge in [0.1, 0.15) is 5.82 Å². The van der Waals surface area contributed by atoms with Crippen molar-refractivity contribution >= 4 is 0 Å². The molecule has 1 aromatic heterocycles. The highest BCUT2D eigenvalue weighted by Crippen LogP contribution is 2.39. The van der Waals surface area contributed by atoms with E-state index in [1.165, 1.54) is 0 Å². The van der Waals surface area contributed by atoms with E-state index in [4.69, 9.17) is 0 Å². The van der Waals surface area contributed by atoms with Gasteiger partial charge in [-0.1, -0.05) is 0 Å². The lowest BCUT2D eigenvalue weighted by Crippen LogP contribution is -2.35. The summed E-state index contributed by atoms with van der Waals surface area (Å²) in [5, 5.41) is 0. The maximum atomic E-state index is 11.8. The van der Waals surface area contributed by atoms with Gasteiger partial charge in [0, 0.05) is 18.3 Å². The smallest absolute Gasteiger partial charge is 0.289 e. The van der Waals surface area contributed by atoms with Crippen molar-refractivity contribution in [2.75, 3.05) is 0 Å². The maximum Gasteiger partial charge on any atom is 0.522 e. The minimum absolute atomic E-state index is 0.00134. The highest BCUT2D eigenvalue weighted by molar-refractivity contribution is 5.04. The third-order valence-electron chi connectivity index (χ3n) is 2.35. The normalized spacial score (nSPS) is 26.1. The second-order valence-corrected chi connectivity index (χ2v) is 3.46. The van der Waals surface area contributed by atoms with Gasteiger partial charge in [-0.3, -0.25) is 4.74 Å². The third kappa shape index (κ3) is 2.65. The average Bonchev–Trinajstić information content (AvgIpc) is 2.11. The molecule has 1 aliphatic carbocycles. The van der Waals surface area contributed by atoms with Crippen molar-refractivity contribution < 1.29 is 17.9 Å². The predicted molar refractivity (Wildman–Crippen MR) is 44.9 cm³/mol. The first-order valence-electron chi connectivity index (χ1n) is 4.56. The molecule has 0 atom stereocenters. The highest BCUT2D eigenvalue weighted by atomic mass is 19.4. The summed E-state index contributed by atoms with van der Waals surface area (Å²) >= 11 is 0. The Bertz CT molecular complexity index is 322. The van der Waals surface area contributed by atoms with Gasteiger partial charge in [-0.25, -0.2) is 9.97 Å². The summed E-state index contributed by atoms with van der Waals surface area (Å²) in [6, 6.07) is 1.67. The Hall–Kier alpha value is -1.17. The van der Waals surface area contributed by atoms with Crippen LogP contribution >= 0.6 is 0 Å². The van der Waals surface area contributed by atoms with Crippen LogP contribution in [-0.2, 0) is 4.74 Å². The van der Waals surface area contributed by atoms with Crippen molar-refractivity contribution in [3.05, 3.63) is 24.3 Å². The van der Waals surface area contributed by atoms with Crippen molar-refractivity contribution in [2.45, 2.75) is 31.2 Å². The number of halogens is 3. The summed E-state index contributed by atoms with van der Waals surface area (Å²) in [5.74, 6) is 0.595. The SMILES string of the molecule is FC(F)(F)OC1CC(c2ncccn2)C1. The molecule has 1 fully saturated rings. The molecule has 2 rings (SSSR count). The molecule has 15 heavy (non-hydrogen) atoms. The summed E-state index contributed by atoms with van der Waals surface area (Å²) in [4.78, 5) is 7.97. The van der Waals surface area contributed by atoms with Gasteiger partial charge in [0.15, 0.2) is 0 Å². The summed E-state index contributed by atoms with van der Waals surface area (Å²) < 4.78 is 39.3. The zero-order valence-electron chi connectivity index (χ0n) is 7.74. The molecule has 0 saturated heterocycles. The number of aromatic nitrogens is 2. The number of nitrogens with zero attached hydrogens (tertiary/aromatic N) is 2. The van der Waals surface area contributed by atoms with E-state index in [9.17, 15) is 13.2 Å². The second kappa shape index (κ2) is 3.77. The molecule has 1 saturated carbocycles. The Kier molecular flexibility index (Phi) is 2.60. The lowest BCUT2D eigenvalue weighted by molar-refractivity contribution is -0.352. The first kappa shape index (κ1) is 10.4. The Balaban J connectivity index is 1.84. The van der Waals surface area contributed by atoms with Crippen LogP contribution in [0.15, 0.2) is 18.5 Å². The van der Waals surface area contributed by atoms with Crippen molar-refractivity contribution in [1.82, 2.24) is 9.97 Å². The maximum absolute atomic E-state index is 11.8. The van der Waals surface area contributed by atoms with Gasteiger partial charge in [-0.05, 0) is 18.9 Å². The van der Waals surface area contributed by atoms with Gasteiger partial charge in [-0.15, -0.1) is 13.2 Å². The molecule has 0 unspecified atom stereocenters. The largest absolute Gasteiger partial charge is 0.522 e. The first-order valence-corrected chi connectivity index (χ1v) is 4.56. The lowest BCUT2D eigenvalue weighted by atomic mass is 9.81. The number of hydrogen-bond acceptors (Lipinski definition) is 3. The van der Waals surface area contributed by atoms with Gasteiger partial charge in [0.05, 0.1) is 6.10 Å². The molecule has 0 bridgehead atoms.